The van der Waals surface area contributed by atoms with Gasteiger partial charge in [0.25, 0.3) is 0 Å². The Hall–Kier alpha value is -3.35. The second-order valence-electron chi connectivity index (χ2n) is 10.3. The van der Waals surface area contributed by atoms with Crippen molar-refractivity contribution in [1.29, 1.82) is 0 Å². The molecular formula is C28H34N2O5. The number of carboxylic acid groups (broad SMARTS) is 1. The maximum Gasteiger partial charge on any atom is 0.407 e. The summed E-state index contributed by atoms with van der Waals surface area (Å²) in [5.74, 6) is -0.672. The molecule has 2 aliphatic rings. The Morgan fingerprint density at radius 2 is 1.57 bits per heavy atom. The minimum atomic E-state index is -1.24. The molecule has 35 heavy (non-hydrogen) atoms. The molecule has 2 aromatic rings. The van der Waals surface area contributed by atoms with Crippen LogP contribution in [0.5, 0.6) is 0 Å². The highest BCUT2D eigenvalue weighted by Crippen LogP contribution is 2.44. The molecule has 2 amide bonds. The van der Waals surface area contributed by atoms with E-state index in [-0.39, 0.29) is 30.3 Å². The fourth-order valence-corrected chi connectivity index (χ4v) is 5.27. The van der Waals surface area contributed by atoms with Crippen molar-refractivity contribution in [1.82, 2.24) is 10.2 Å². The SMILES string of the molecule is CN(C(=O)CC1CCC(CNC(=O)OCC2c3ccccc3-c3ccccc32)C1)C(C)(C)C(=O)O. The van der Waals surface area contributed by atoms with Gasteiger partial charge in [-0.3, -0.25) is 4.79 Å². The van der Waals surface area contributed by atoms with Crippen LogP contribution in [0.25, 0.3) is 11.1 Å². The predicted molar refractivity (Wildman–Crippen MR) is 133 cm³/mol. The van der Waals surface area contributed by atoms with E-state index in [0.717, 1.165) is 19.3 Å². The van der Waals surface area contributed by atoms with Gasteiger partial charge in [0, 0.05) is 25.9 Å². The Labute approximate surface area is 206 Å². The molecule has 2 atom stereocenters. The summed E-state index contributed by atoms with van der Waals surface area (Å²) in [6, 6.07) is 16.5. The van der Waals surface area contributed by atoms with Gasteiger partial charge in [0.2, 0.25) is 5.91 Å². The van der Waals surface area contributed by atoms with Crippen LogP contribution in [-0.4, -0.2) is 53.7 Å². The average molecular weight is 479 g/mol. The van der Waals surface area contributed by atoms with Gasteiger partial charge in [-0.2, -0.15) is 0 Å². The molecule has 0 aliphatic heterocycles. The van der Waals surface area contributed by atoms with E-state index in [1.807, 2.05) is 24.3 Å². The van der Waals surface area contributed by atoms with Gasteiger partial charge >= 0.3 is 12.1 Å². The second-order valence-corrected chi connectivity index (χ2v) is 10.3. The molecule has 0 aromatic heterocycles. The highest BCUT2D eigenvalue weighted by molar-refractivity contribution is 5.86. The third-order valence-corrected chi connectivity index (χ3v) is 7.73. The summed E-state index contributed by atoms with van der Waals surface area (Å²) in [6.07, 6.45) is 2.55. The smallest absolute Gasteiger partial charge is 0.407 e. The fourth-order valence-electron chi connectivity index (χ4n) is 5.27. The van der Waals surface area contributed by atoms with Crippen molar-refractivity contribution >= 4 is 18.0 Å². The van der Waals surface area contributed by atoms with Gasteiger partial charge in [-0.1, -0.05) is 48.5 Å². The quantitative estimate of drug-likeness (QED) is 0.576. The minimum Gasteiger partial charge on any atom is -0.480 e. The number of carbonyl (C=O) groups is 3. The summed E-state index contributed by atoms with van der Waals surface area (Å²) in [4.78, 5) is 37.8. The molecule has 4 rings (SSSR count). The number of likely N-dealkylation sites (N-methyl/N-ethyl adjacent to an activating group) is 1. The molecule has 1 saturated carbocycles. The van der Waals surface area contributed by atoms with Crippen molar-refractivity contribution < 1.29 is 24.2 Å². The number of fused-ring (bicyclic) bond motifs is 3. The van der Waals surface area contributed by atoms with Crippen LogP contribution in [-0.2, 0) is 14.3 Å². The topological polar surface area (TPSA) is 95.9 Å². The van der Waals surface area contributed by atoms with Crippen LogP contribution < -0.4 is 5.32 Å². The molecule has 2 N–H and O–H groups in total. The molecule has 2 aromatic carbocycles. The lowest BCUT2D eigenvalue weighted by molar-refractivity contribution is -0.155. The number of hydrogen-bond donors (Lipinski definition) is 2. The monoisotopic (exact) mass is 478 g/mol. The first-order valence-electron chi connectivity index (χ1n) is 12.3. The van der Waals surface area contributed by atoms with E-state index in [9.17, 15) is 19.5 Å². The van der Waals surface area contributed by atoms with E-state index in [1.165, 1.54) is 41.0 Å². The van der Waals surface area contributed by atoms with Crippen LogP contribution in [0.4, 0.5) is 4.79 Å². The zero-order valence-electron chi connectivity index (χ0n) is 20.6. The van der Waals surface area contributed by atoms with Gasteiger partial charge in [0.05, 0.1) is 0 Å². The summed E-state index contributed by atoms with van der Waals surface area (Å²) in [7, 11) is 1.54. The zero-order valence-corrected chi connectivity index (χ0v) is 20.6. The number of nitrogens with one attached hydrogen (secondary N) is 1. The molecular weight excluding hydrogens is 444 g/mol. The molecule has 7 nitrogen and oxygen atoms in total. The number of amides is 2. The molecule has 7 heteroatoms. The number of benzene rings is 2. The van der Waals surface area contributed by atoms with Gasteiger partial charge in [-0.15, -0.1) is 0 Å². The maximum atomic E-state index is 12.6. The minimum absolute atomic E-state index is 0.0297. The summed E-state index contributed by atoms with van der Waals surface area (Å²) in [5, 5.41) is 12.2. The summed E-state index contributed by atoms with van der Waals surface area (Å²) < 4.78 is 5.62. The molecule has 1 fully saturated rings. The van der Waals surface area contributed by atoms with E-state index in [2.05, 4.69) is 29.6 Å². The highest BCUT2D eigenvalue weighted by atomic mass is 16.5. The van der Waals surface area contributed by atoms with Gasteiger partial charge in [0.15, 0.2) is 0 Å². The Kier molecular flexibility index (Phi) is 7.15. The third-order valence-electron chi connectivity index (χ3n) is 7.73. The van der Waals surface area contributed by atoms with E-state index >= 15 is 0 Å². The normalized spacial score (nSPS) is 19.1. The van der Waals surface area contributed by atoms with Gasteiger partial charge in [0.1, 0.15) is 12.1 Å². The molecule has 0 heterocycles. The van der Waals surface area contributed by atoms with Crippen LogP contribution in [0.15, 0.2) is 48.5 Å². The Bertz CT molecular complexity index is 1070. The lowest BCUT2D eigenvalue weighted by atomic mass is 9.98. The standard InChI is InChI=1S/C28H34N2O5/c1-28(2,26(32)33)30(3)25(31)15-18-12-13-19(14-18)16-29-27(34)35-17-24-22-10-6-4-8-20(22)21-9-5-7-11-23(21)24/h4-11,18-19,24H,12-17H2,1-3H3,(H,29,34)(H,32,33). The van der Waals surface area contributed by atoms with Gasteiger partial charge in [-0.25, -0.2) is 9.59 Å². The van der Waals surface area contributed by atoms with Crippen molar-refractivity contribution in [3.8, 4) is 11.1 Å². The number of alkyl carbamates (subject to hydrolysis) is 1. The Balaban J connectivity index is 1.23. The molecule has 0 bridgehead atoms. The van der Waals surface area contributed by atoms with Crippen molar-refractivity contribution in [2.45, 2.75) is 51.0 Å². The predicted octanol–water partition coefficient (Wildman–Crippen LogP) is 4.65. The summed E-state index contributed by atoms with van der Waals surface area (Å²) >= 11 is 0. The molecule has 2 unspecified atom stereocenters. The average Bonchev–Trinajstić information content (AvgIpc) is 3.42. The van der Waals surface area contributed by atoms with Crippen LogP contribution in [0, 0.1) is 11.8 Å². The van der Waals surface area contributed by atoms with E-state index in [4.69, 9.17) is 4.74 Å². The first-order chi connectivity index (χ1) is 16.7. The first-order valence-corrected chi connectivity index (χ1v) is 12.3. The van der Waals surface area contributed by atoms with E-state index < -0.39 is 17.6 Å². The maximum absolute atomic E-state index is 12.6. The van der Waals surface area contributed by atoms with Gasteiger partial charge in [-0.05, 0) is 67.2 Å². The number of nitrogens with zero attached hydrogens (tertiary/aromatic N) is 1. The highest BCUT2D eigenvalue weighted by Gasteiger charge is 2.37. The first kappa shape index (κ1) is 24.8. The van der Waals surface area contributed by atoms with E-state index in [1.54, 1.807) is 7.05 Å². The fraction of sp³-hybridized carbons (Fsp3) is 0.464. The Morgan fingerprint density at radius 1 is 1.00 bits per heavy atom. The van der Waals surface area contributed by atoms with Crippen LogP contribution in [0.1, 0.15) is 56.6 Å². The van der Waals surface area contributed by atoms with Crippen molar-refractivity contribution in [2.75, 3.05) is 20.2 Å². The second kappa shape index (κ2) is 10.1. The lowest BCUT2D eigenvalue weighted by Gasteiger charge is -2.32. The largest absolute Gasteiger partial charge is 0.480 e. The number of carbonyl (C=O) groups excluding carboxylic acids is 2. The number of aliphatic carboxylic acids is 1. The number of hydrogen-bond acceptors (Lipinski definition) is 4. The van der Waals surface area contributed by atoms with Crippen LogP contribution >= 0.6 is 0 Å². The molecule has 2 aliphatic carbocycles. The number of carboxylic acids is 1. The Morgan fingerprint density at radius 3 is 2.17 bits per heavy atom. The summed E-state index contributed by atoms with van der Waals surface area (Å²) in [6.45, 7) is 3.86. The molecule has 0 spiro atoms. The molecule has 186 valence electrons. The van der Waals surface area contributed by atoms with Crippen molar-refractivity contribution in [3.63, 3.8) is 0 Å². The number of ether oxygens (including phenoxy) is 1. The lowest BCUT2D eigenvalue weighted by Crippen LogP contribution is -2.51. The van der Waals surface area contributed by atoms with Crippen LogP contribution in [0.2, 0.25) is 0 Å². The molecule has 0 saturated heterocycles. The van der Waals surface area contributed by atoms with Crippen LogP contribution in [0.3, 0.4) is 0 Å². The summed E-state index contributed by atoms with van der Waals surface area (Å²) in [5.41, 5.74) is 3.52. The zero-order chi connectivity index (χ0) is 25.2. The third kappa shape index (κ3) is 5.19. The van der Waals surface area contributed by atoms with E-state index in [0.29, 0.717) is 13.0 Å². The van der Waals surface area contributed by atoms with Crippen molar-refractivity contribution in [2.24, 2.45) is 11.8 Å². The molecule has 0 radical (unpaired) electrons. The van der Waals surface area contributed by atoms with Crippen molar-refractivity contribution in [3.05, 3.63) is 59.7 Å². The van der Waals surface area contributed by atoms with Gasteiger partial charge < -0.3 is 20.1 Å². The number of rotatable bonds is 8.